The van der Waals surface area contributed by atoms with Crippen LogP contribution in [0.15, 0.2) is 48.1 Å². The van der Waals surface area contributed by atoms with E-state index >= 15 is 0 Å². The Hall–Kier alpha value is -2.92. The Morgan fingerprint density at radius 2 is 1.93 bits per heavy atom. The normalized spacial score (nSPS) is 16.9. The van der Waals surface area contributed by atoms with E-state index in [0.29, 0.717) is 42.8 Å². The SMILES string of the molecule is O=S(=O)(c1cnn2cccnc12)N1CCC(c2cn3ncnc3cc2F)CC1. The van der Waals surface area contributed by atoms with Gasteiger partial charge in [-0.05, 0) is 24.8 Å². The number of aromatic nitrogens is 6. The van der Waals surface area contributed by atoms with Crippen molar-refractivity contribution in [1.29, 1.82) is 0 Å². The predicted octanol–water partition coefficient (Wildman–Crippen LogP) is 1.48. The number of rotatable bonds is 3. The highest BCUT2D eigenvalue weighted by molar-refractivity contribution is 7.89. The highest BCUT2D eigenvalue weighted by Gasteiger charge is 2.33. The molecule has 1 aliphatic rings. The van der Waals surface area contributed by atoms with Crippen LogP contribution in [0.25, 0.3) is 11.3 Å². The van der Waals surface area contributed by atoms with Gasteiger partial charge in [0.1, 0.15) is 17.0 Å². The summed E-state index contributed by atoms with van der Waals surface area (Å²) in [6, 6.07) is 3.04. The van der Waals surface area contributed by atoms with Crippen LogP contribution in [0.1, 0.15) is 24.3 Å². The molecule has 11 heteroatoms. The van der Waals surface area contributed by atoms with Crippen molar-refractivity contribution >= 4 is 21.3 Å². The Kier molecular flexibility index (Phi) is 3.88. The van der Waals surface area contributed by atoms with Crippen molar-refractivity contribution in [2.75, 3.05) is 13.1 Å². The molecule has 0 bridgehead atoms. The largest absolute Gasteiger partial charge is 0.248 e. The lowest BCUT2D eigenvalue weighted by Gasteiger charge is -2.31. The van der Waals surface area contributed by atoms with Crippen molar-refractivity contribution in [3.05, 3.63) is 54.6 Å². The minimum absolute atomic E-state index is 0.0814. The molecule has 1 fully saturated rings. The van der Waals surface area contributed by atoms with Gasteiger partial charge in [0.15, 0.2) is 11.3 Å². The molecule has 0 saturated carbocycles. The second kappa shape index (κ2) is 6.31. The van der Waals surface area contributed by atoms with E-state index in [2.05, 4.69) is 20.2 Å². The molecule has 5 heterocycles. The summed E-state index contributed by atoms with van der Waals surface area (Å²) in [7, 11) is -3.72. The van der Waals surface area contributed by atoms with Crippen molar-refractivity contribution in [2.24, 2.45) is 0 Å². The van der Waals surface area contributed by atoms with Crippen LogP contribution in [0.4, 0.5) is 4.39 Å². The first-order valence-corrected chi connectivity index (χ1v) is 10.3. The Morgan fingerprint density at radius 1 is 1.11 bits per heavy atom. The number of halogens is 1. The molecule has 0 aliphatic carbocycles. The van der Waals surface area contributed by atoms with Crippen LogP contribution >= 0.6 is 0 Å². The van der Waals surface area contributed by atoms with Crippen molar-refractivity contribution in [1.82, 2.24) is 33.5 Å². The number of sulfonamides is 1. The van der Waals surface area contributed by atoms with E-state index in [1.165, 1.54) is 38.1 Å². The summed E-state index contributed by atoms with van der Waals surface area (Å²) in [5.74, 6) is -0.421. The summed E-state index contributed by atoms with van der Waals surface area (Å²) in [4.78, 5) is 8.19. The summed E-state index contributed by atoms with van der Waals surface area (Å²) < 4.78 is 45.0. The second-order valence-corrected chi connectivity index (χ2v) is 8.62. The number of hydrogen-bond acceptors (Lipinski definition) is 6. The molecule has 4 aromatic heterocycles. The van der Waals surface area contributed by atoms with Gasteiger partial charge in [-0.1, -0.05) is 0 Å². The lowest BCUT2D eigenvalue weighted by atomic mass is 9.91. The molecule has 1 aliphatic heterocycles. The fourth-order valence-electron chi connectivity index (χ4n) is 3.69. The highest BCUT2D eigenvalue weighted by atomic mass is 32.2. The van der Waals surface area contributed by atoms with Gasteiger partial charge in [0.05, 0.1) is 6.20 Å². The third-order valence-corrected chi connectivity index (χ3v) is 7.04. The maximum atomic E-state index is 14.5. The third kappa shape index (κ3) is 2.66. The quantitative estimate of drug-likeness (QED) is 0.516. The van der Waals surface area contributed by atoms with Crippen LogP contribution in [-0.2, 0) is 10.0 Å². The smallest absolute Gasteiger partial charge is 0.236 e. The summed E-state index contributed by atoms with van der Waals surface area (Å²) in [5, 5.41) is 8.11. The van der Waals surface area contributed by atoms with Crippen LogP contribution in [0.5, 0.6) is 0 Å². The summed E-state index contributed by atoms with van der Waals surface area (Å²) >= 11 is 0. The summed E-state index contributed by atoms with van der Waals surface area (Å²) in [6.07, 6.45) is 8.55. The standard InChI is InChI=1S/C17H16FN7O2S/c18-14-8-16-20-11-22-25(16)10-13(14)12-2-6-23(7-3-12)28(26,27)15-9-21-24-5-1-4-19-17(15)24/h1,4-5,8-12H,2-3,6-7H2. The van der Waals surface area contributed by atoms with E-state index in [1.54, 1.807) is 18.5 Å². The first-order chi connectivity index (χ1) is 13.5. The van der Waals surface area contributed by atoms with Crippen LogP contribution in [0.2, 0.25) is 0 Å². The summed E-state index contributed by atoms with van der Waals surface area (Å²) in [6.45, 7) is 0.595. The number of piperidine rings is 1. The van der Waals surface area contributed by atoms with Crippen molar-refractivity contribution in [2.45, 2.75) is 23.7 Å². The van der Waals surface area contributed by atoms with Crippen molar-refractivity contribution in [3.63, 3.8) is 0 Å². The molecule has 5 rings (SSSR count). The van der Waals surface area contributed by atoms with Crippen molar-refractivity contribution < 1.29 is 12.8 Å². The van der Waals surface area contributed by atoms with Gasteiger partial charge < -0.3 is 0 Å². The van der Waals surface area contributed by atoms with Gasteiger partial charge in [0, 0.05) is 43.3 Å². The van der Waals surface area contributed by atoms with Crippen LogP contribution < -0.4 is 0 Å². The molecular formula is C17H16FN7O2S. The van der Waals surface area contributed by atoms with Crippen LogP contribution in [-0.4, -0.2) is 55.0 Å². The zero-order chi connectivity index (χ0) is 19.3. The number of nitrogens with zero attached hydrogens (tertiary/aromatic N) is 7. The highest BCUT2D eigenvalue weighted by Crippen LogP contribution is 2.32. The lowest BCUT2D eigenvalue weighted by molar-refractivity contribution is 0.315. The minimum atomic E-state index is -3.72. The first kappa shape index (κ1) is 17.2. The molecule has 1 saturated heterocycles. The van der Waals surface area contributed by atoms with Gasteiger partial charge >= 0.3 is 0 Å². The van der Waals surface area contributed by atoms with E-state index in [4.69, 9.17) is 0 Å². The van der Waals surface area contributed by atoms with E-state index in [-0.39, 0.29) is 16.6 Å². The van der Waals surface area contributed by atoms with Gasteiger partial charge in [0.25, 0.3) is 0 Å². The molecular weight excluding hydrogens is 385 g/mol. The predicted molar refractivity (Wildman–Crippen MR) is 96.7 cm³/mol. The third-order valence-electron chi connectivity index (χ3n) is 5.15. The average molecular weight is 401 g/mol. The van der Waals surface area contributed by atoms with Gasteiger partial charge in [0.2, 0.25) is 10.0 Å². The molecule has 0 amide bonds. The lowest BCUT2D eigenvalue weighted by Crippen LogP contribution is -2.38. The monoisotopic (exact) mass is 401 g/mol. The maximum absolute atomic E-state index is 14.5. The van der Waals surface area contributed by atoms with E-state index in [9.17, 15) is 12.8 Å². The fourth-order valence-corrected chi connectivity index (χ4v) is 5.21. The molecule has 0 atom stereocenters. The zero-order valence-corrected chi connectivity index (χ0v) is 15.5. The Bertz CT molecular complexity index is 1280. The van der Waals surface area contributed by atoms with Gasteiger partial charge in [-0.25, -0.2) is 31.8 Å². The summed E-state index contributed by atoms with van der Waals surface area (Å²) in [5.41, 5.74) is 1.28. The topological polar surface area (TPSA) is 97.8 Å². The minimum Gasteiger partial charge on any atom is -0.236 e. The second-order valence-electron chi connectivity index (χ2n) is 6.71. The molecule has 0 spiro atoms. The molecule has 144 valence electrons. The first-order valence-electron chi connectivity index (χ1n) is 8.81. The molecule has 28 heavy (non-hydrogen) atoms. The molecule has 0 aromatic carbocycles. The van der Waals surface area contributed by atoms with E-state index < -0.39 is 10.0 Å². The Labute approximate surface area is 159 Å². The molecule has 0 N–H and O–H groups in total. The van der Waals surface area contributed by atoms with E-state index in [1.807, 2.05) is 0 Å². The number of pyridine rings is 1. The van der Waals surface area contributed by atoms with Gasteiger partial charge in [-0.3, -0.25) is 0 Å². The molecule has 0 unspecified atom stereocenters. The average Bonchev–Trinajstić information content (AvgIpc) is 3.34. The molecule has 9 nitrogen and oxygen atoms in total. The number of hydrogen-bond donors (Lipinski definition) is 0. The zero-order valence-electron chi connectivity index (χ0n) is 14.7. The van der Waals surface area contributed by atoms with E-state index in [0.717, 1.165) is 0 Å². The van der Waals surface area contributed by atoms with Crippen molar-refractivity contribution in [3.8, 4) is 0 Å². The number of fused-ring (bicyclic) bond motifs is 2. The van der Waals surface area contributed by atoms with Gasteiger partial charge in [-0.15, -0.1) is 0 Å². The van der Waals surface area contributed by atoms with Gasteiger partial charge in [-0.2, -0.15) is 14.5 Å². The van der Waals surface area contributed by atoms with Crippen LogP contribution in [0.3, 0.4) is 0 Å². The fraction of sp³-hybridized carbons (Fsp3) is 0.294. The molecule has 4 aromatic rings. The molecule has 0 radical (unpaired) electrons. The maximum Gasteiger partial charge on any atom is 0.248 e. The Morgan fingerprint density at radius 3 is 2.75 bits per heavy atom. The van der Waals surface area contributed by atoms with Crippen LogP contribution in [0, 0.1) is 5.82 Å². The Balaban J connectivity index is 1.39.